The van der Waals surface area contributed by atoms with Gasteiger partial charge in [0.15, 0.2) is 0 Å². The van der Waals surface area contributed by atoms with Gasteiger partial charge in [-0.15, -0.1) is 0 Å². The molecule has 0 aromatic heterocycles. The molecule has 0 saturated carbocycles. The summed E-state index contributed by atoms with van der Waals surface area (Å²) in [5.74, 6) is 0.919. The van der Waals surface area contributed by atoms with Crippen molar-refractivity contribution >= 4 is 56.5 Å². The Hall–Kier alpha value is -5.09. The van der Waals surface area contributed by atoms with E-state index in [2.05, 4.69) is 176 Å². The molecule has 0 fully saturated rings. The molecule has 0 aliphatic heterocycles. The van der Waals surface area contributed by atoms with Crippen molar-refractivity contribution in [3.63, 3.8) is 0 Å². The molecule has 0 amide bonds. The molecule has 0 atom stereocenters. The molecule has 7 rings (SSSR count). The fraction of sp³-hybridized carbons (Fsp3) is 0.125. The highest BCUT2D eigenvalue weighted by Crippen LogP contribution is 2.61. The van der Waals surface area contributed by atoms with Gasteiger partial charge in [0.05, 0.1) is 23.8 Å². The highest BCUT2D eigenvalue weighted by Gasteiger charge is 2.48. The molecule has 0 spiro atoms. The summed E-state index contributed by atoms with van der Waals surface area (Å²) < 4.78 is 47.9. The van der Waals surface area contributed by atoms with Gasteiger partial charge in [0.1, 0.15) is 70.2 Å². The van der Waals surface area contributed by atoms with E-state index in [9.17, 15) is 13.0 Å². The van der Waals surface area contributed by atoms with Crippen molar-refractivity contribution in [2.45, 2.75) is 18.7 Å². The molecule has 7 aromatic carbocycles. The van der Waals surface area contributed by atoms with Crippen LogP contribution in [-0.4, -0.2) is 32.4 Å². The summed E-state index contributed by atoms with van der Waals surface area (Å²) >= 11 is 0. The van der Waals surface area contributed by atoms with Crippen molar-refractivity contribution in [1.82, 2.24) is 0 Å². The van der Waals surface area contributed by atoms with Gasteiger partial charge in [0, 0.05) is 16.9 Å². The standard InChI is InChI=1S/C48H45O5P2S/c1-52-47-35-40(38-55(44-27-14-5-15-28-44,45-29-16-6-17-30-45)46-31-18-7-19-32-46)48(53-33-20-34-56(49,50)51)36-39(47)37-54(41-21-8-2-9-22-41,42-23-10-3-11-24-42)43-25-12-4-13-26-43/h2-19,21-32,35-36H,20,33-34,37-38H2,1H3/q+1. The van der Waals surface area contributed by atoms with E-state index in [-0.39, 0.29) is 13.0 Å². The lowest BCUT2D eigenvalue weighted by molar-refractivity contribution is 0.312. The minimum absolute atomic E-state index is 0.0734. The number of hydrogen-bond acceptors (Lipinski definition) is 5. The fourth-order valence-electron chi connectivity index (χ4n) is 7.68. The number of hydrogen-bond donors (Lipinski definition) is 0. The van der Waals surface area contributed by atoms with Crippen molar-refractivity contribution in [1.29, 1.82) is 0 Å². The smallest absolute Gasteiger partial charge is 0.126 e. The van der Waals surface area contributed by atoms with Gasteiger partial charge in [-0.05, 0) is 91.3 Å². The number of ether oxygens (including phenoxy) is 2. The van der Waals surface area contributed by atoms with Gasteiger partial charge < -0.3 is 14.0 Å². The highest BCUT2D eigenvalue weighted by atomic mass is 32.2. The maximum absolute atomic E-state index is 11.6. The Balaban J connectivity index is 1.45. The summed E-state index contributed by atoms with van der Waals surface area (Å²) in [6.45, 7) is 0.0734. The third-order valence-corrected chi connectivity index (χ3v) is 19.8. The minimum atomic E-state index is -4.40. The molecule has 282 valence electrons. The molecule has 56 heavy (non-hydrogen) atoms. The fourth-order valence-corrected chi connectivity index (χ4v) is 16.6. The number of rotatable bonds is 16. The Morgan fingerprint density at radius 1 is 0.464 bits per heavy atom. The minimum Gasteiger partial charge on any atom is -0.748 e. The van der Waals surface area contributed by atoms with Crippen LogP contribution in [-0.2, 0) is 22.4 Å². The Morgan fingerprint density at radius 3 is 1.04 bits per heavy atom. The average molecular weight is 796 g/mol. The third-order valence-electron chi connectivity index (χ3n) is 10.3. The van der Waals surface area contributed by atoms with E-state index in [4.69, 9.17) is 9.47 Å². The van der Waals surface area contributed by atoms with E-state index in [1.54, 1.807) is 7.11 Å². The monoisotopic (exact) mass is 795 g/mol. The second kappa shape index (κ2) is 17.8. The van der Waals surface area contributed by atoms with Gasteiger partial charge >= 0.3 is 0 Å². The molecule has 0 aliphatic rings. The van der Waals surface area contributed by atoms with Crippen LogP contribution in [0.25, 0.3) is 0 Å². The molecular formula is C48H45O5P2S+. The van der Waals surface area contributed by atoms with E-state index in [0.29, 0.717) is 18.1 Å². The summed E-state index contributed by atoms with van der Waals surface area (Å²) in [5, 5.41) is 7.42. The zero-order valence-electron chi connectivity index (χ0n) is 31.4. The lowest BCUT2D eigenvalue weighted by atomic mass is 10.1. The van der Waals surface area contributed by atoms with E-state index in [1.165, 1.54) is 31.8 Å². The zero-order chi connectivity index (χ0) is 38.9. The molecule has 0 radical (unpaired) electrons. The maximum Gasteiger partial charge on any atom is 0.126 e. The lowest BCUT2D eigenvalue weighted by Crippen LogP contribution is -2.33. The predicted octanol–water partition coefficient (Wildman–Crippen LogP) is 8.00. The Bertz CT molecular complexity index is 2220. The summed E-state index contributed by atoms with van der Waals surface area (Å²) in [7, 11) is -7.38. The second-order valence-electron chi connectivity index (χ2n) is 13.7. The predicted molar refractivity (Wildman–Crippen MR) is 235 cm³/mol. The van der Waals surface area contributed by atoms with Gasteiger partial charge in [-0.3, -0.25) is 0 Å². The largest absolute Gasteiger partial charge is 0.748 e. The zero-order valence-corrected chi connectivity index (χ0v) is 34.0. The molecule has 0 N–H and O–H groups in total. The lowest BCUT2D eigenvalue weighted by Gasteiger charge is -2.30. The SMILES string of the molecule is COc1cc(C[P+](c2ccccc2)(c2ccccc2)c2ccccc2)c(OCCCS(=O)(=O)[O-])cc1C[P+](c1ccccc1)(c1ccccc1)c1ccccc1. The van der Waals surface area contributed by atoms with Gasteiger partial charge in [-0.1, -0.05) is 109 Å². The van der Waals surface area contributed by atoms with E-state index in [0.717, 1.165) is 16.9 Å². The molecule has 7 aromatic rings. The van der Waals surface area contributed by atoms with Crippen LogP contribution < -0.4 is 41.3 Å². The van der Waals surface area contributed by atoms with Gasteiger partial charge in [-0.25, -0.2) is 8.42 Å². The molecule has 0 saturated heterocycles. The quantitative estimate of drug-likeness (QED) is 0.0564. The molecule has 8 heteroatoms. The first-order valence-electron chi connectivity index (χ1n) is 18.7. The van der Waals surface area contributed by atoms with Crippen molar-refractivity contribution in [2.75, 3.05) is 19.5 Å². The third kappa shape index (κ3) is 8.50. The summed E-state index contributed by atoms with van der Waals surface area (Å²) in [4.78, 5) is 0. The molecule has 0 heterocycles. The topological polar surface area (TPSA) is 75.7 Å². The van der Waals surface area contributed by atoms with Crippen LogP contribution in [0.15, 0.2) is 194 Å². The van der Waals surface area contributed by atoms with Crippen LogP contribution >= 0.6 is 14.5 Å². The maximum atomic E-state index is 11.6. The molecule has 0 unspecified atom stereocenters. The number of benzene rings is 7. The van der Waals surface area contributed by atoms with E-state index in [1.807, 2.05) is 18.2 Å². The van der Waals surface area contributed by atoms with Crippen LogP contribution in [0.1, 0.15) is 17.5 Å². The molecule has 0 bridgehead atoms. The van der Waals surface area contributed by atoms with Crippen LogP contribution in [0.3, 0.4) is 0 Å². The first-order valence-corrected chi connectivity index (χ1v) is 24.2. The van der Waals surface area contributed by atoms with Crippen molar-refractivity contribution in [2.24, 2.45) is 0 Å². The van der Waals surface area contributed by atoms with Gasteiger partial charge in [0.2, 0.25) is 0 Å². The van der Waals surface area contributed by atoms with Crippen LogP contribution in [0.2, 0.25) is 0 Å². The molecular weight excluding hydrogens is 751 g/mol. The number of methoxy groups -OCH3 is 1. The van der Waals surface area contributed by atoms with Gasteiger partial charge in [-0.2, -0.15) is 0 Å². The summed E-state index contributed by atoms with van der Waals surface area (Å²) in [6, 6.07) is 68.5. The van der Waals surface area contributed by atoms with Crippen molar-refractivity contribution < 1.29 is 22.4 Å². The van der Waals surface area contributed by atoms with E-state index < -0.39 is 30.4 Å². The van der Waals surface area contributed by atoms with E-state index >= 15 is 0 Å². The average Bonchev–Trinajstić information content (AvgIpc) is 3.25. The van der Waals surface area contributed by atoms with Crippen molar-refractivity contribution in [3.8, 4) is 11.5 Å². The van der Waals surface area contributed by atoms with Crippen LogP contribution in [0, 0.1) is 0 Å². The second-order valence-corrected chi connectivity index (χ2v) is 22.2. The first kappa shape index (κ1) is 39.2. The Kier molecular flexibility index (Phi) is 12.4. The summed E-state index contributed by atoms with van der Waals surface area (Å²) in [5.41, 5.74) is 1.93. The molecule has 5 nitrogen and oxygen atoms in total. The Labute approximate surface area is 332 Å². The highest BCUT2D eigenvalue weighted by molar-refractivity contribution is 7.95. The molecule has 0 aliphatic carbocycles. The van der Waals surface area contributed by atoms with Gasteiger partial charge in [0.25, 0.3) is 0 Å². The van der Waals surface area contributed by atoms with Crippen molar-refractivity contribution in [3.05, 3.63) is 205 Å². The summed E-state index contributed by atoms with van der Waals surface area (Å²) in [6.07, 6.45) is 1.35. The normalized spacial score (nSPS) is 11.9. The van der Waals surface area contributed by atoms with Crippen LogP contribution in [0.5, 0.6) is 11.5 Å². The van der Waals surface area contributed by atoms with Crippen LogP contribution in [0.4, 0.5) is 0 Å². The first-order chi connectivity index (χ1) is 27.3. The Morgan fingerprint density at radius 2 is 0.750 bits per heavy atom.